The Labute approximate surface area is 173 Å². The third kappa shape index (κ3) is 3.73. The first-order chi connectivity index (χ1) is 14.3. The number of rotatable bonds is 4. The van der Waals surface area contributed by atoms with Gasteiger partial charge in [0.25, 0.3) is 0 Å². The summed E-state index contributed by atoms with van der Waals surface area (Å²) in [6.45, 7) is 5.89. The van der Waals surface area contributed by atoms with E-state index in [1.165, 1.54) is 28.0 Å². The SMILES string of the molecule is C=C1CCc2cc(Oc3ncccc3-c3csc(NC4=NCCCN4)n3)ccc21. The maximum atomic E-state index is 6.15. The van der Waals surface area contributed by atoms with Gasteiger partial charge in [-0.15, -0.1) is 11.3 Å². The zero-order valence-electron chi connectivity index (χ0n) is 15.9. The topological polar surface area (TPSA) is 71.4 Å². The van der Waals surface area contributed by atoms with E-state index >= 15 is 0 Å². The Balaban J connectivity index is 1.39. The van der Waals surface area contributed by atoms with Crippen molar-refractivity contribution in [1.82, 2.24) is 15.3 Å². The number of guanidine groups is 1. The predicted molar refractivity (Wildman–Crippen MR) is 118 cm³/mol. The van der Waals surface area contributed by atoms with Crippen LogP contribution in [0.4, 0.5) is 5.13 Å². The van der Waals surface area contributed by atoms with Crippen LogP contribution in [0.25, 0.3) is 16.8 Å². The van der Waals surface area contributed by atoms with Crippen molar-refractivity contribution in [3.63, 3.8) is 0 Å². The highest BCUT2D eigenvalue weighted by atomic mass is 32.1. The van der Waals surface area contributed by atoms with E-state index < -0.39 is 0 Å². The van der Waals surface area contributed by atoms with E-state index in [1.54, 1.807) is 6.20 Å². The number of benzene rings is 1. The van der Waals surface area contributed by atoms with E-state index in [1.807, 2.05) is 23.6 Å². The van der Waals surface area contributed by atoms with Gasteiger partial charge < -0.3 is 15.4 Å². The highest BCUT2D eigenvalue weighted by molar-refractivity contribution is 7.14. The van der Waals surface area contributed by atoms with Gasteiger partial charge in [0.05, 0.1) is 11.3 Å². The Morgan fingerprint density at radius 3 is 3.03 bits per heavy atom. The normalized spacial score (nSPS) is 15.4. The van der Waals surface area contributed by atoms with Gasteiger partial charge in [0.1, 0.15) is 5.75 Å². The summed E-state index contributed by atoms with van der Waals surface area (Å²) in [6.07, 6.45) is 4.82. The van der Waals surface area contributed by atoms with Crippen molar-refractivity contribution in [2.75, 3.05) is 18.4 Å². The molecule has 0 unspecified atom stereocenters. The summed E-state index contributed by atoms with van der Waals surface area (Å²) in [5, 5.41) is 9.29. The first kappa shape index (κ1) is 17.9. The minimum Gasteiger partial charge on any atom is -0.438 e. The lowest BCUT2D eigenvalue weighted by atomic mass is 10.1. The van der Waals surface area contributed by atoms with Gasteiger partial charge >= 0.3 is 0 Å². The third-order valence-electron chi connectivity index (χ3n) is 5.04. The molecule has 1 aliphatic heterocycles. The van der Waals surface area contributed by atoms with Gasteiger partial charge in [-0.2, -0.15) is 0 Å². The molecule has 7 heteroatoms. The molecule has 0 radical (unpaired) electrons. The van der Waals surface area contributed by atoms with Gasteiger partial charge in [-0.25, -0.2) is 9.97 Å². The number of ether oxygens (including phenoxy) is 1. The first-order valence-corrected chi connectivity index (χ1v) is 10.6. The lowest BCUT2D eigenvalue weighted by Crippen LogP contribution is -2.35. The maximum Gasteiger partial charge on any atom is 0.228 e. The summed E-state index contributed by atoms with van der Waals surface area (Å²) in [4.78, 5) is 13.6. The molecule has 0 saturated heterocycles. The van der Waals surface area contributed by atoms with Crippen LogP contribution in [0, 0.1) is 0 Å². The number of allylic oxidation sites excluding steroid dienone is 1. The van der Waals surface area contributed by atoms with Crippen molar-refractivity contribution in [3.05, 3.63) is 59.6 Å². The van der Waals surface area contributed by atoms with Gasteiger partial charge in [0.2, 0.25) is 5.88 Å². The van der Waals surface area contributed by atoms with Crippen molar-refractivity contribution in [1.29, 1.82) is 0 Å². The molecule has 3 aromatic rings. The monoisotopic (exact) mass is 403 g/mol. The molecular formula is C22H21N5OS. The minimum atomic E-state index is 0.550. The van der Waals surface area contributed by atoms with Crippen molar-refractivity contribution in [3.8, 4) is 22.9 Å². The van der Waals surface area contributed by atoms with Gasteiger partial charge in [0, 0.05) is 24.7 Å². The summed E-state index contributed by atoms with van der Waals surface area (Å²) in [5.41, 5.74) is 5.41. The van der Waals surface area contributed by atoms with Gasteiger partial charge in [-0.3, -0.25) is 4.99 Å². The molecule has 0 spiro atoms. The standard InChI is InChI=1S/C22H21N5OS/c1-14-5-6-15-12-16(7-8-17(14)15)28-20-18(4-2-9-23-20)19-13-29-22(26-19)27-21-24-10-3-11-25-21/h2,4,7-9,12-13H,1,3,5-6,10-11H2,(H2,24,25,26,27). The fraction of sp³-hybridized carbons (Fsp3) is 0.227. The largest absolute Gasteiger partial charge is 0.438 e. The zero-order chi connectivity index (χ0) is 19.6. The molecule has 0 saturated carbocycles. The average Bonchev–Trinajstić information content (AvgIpc) is 3.36. The van der Waals surface area contributed by atoms with Gasteiger partial charge in [0.15, 0.2) is 11.1 Å². The van der Waals surface area contributed by atoms with Crippen molar-refractivity contribution < 1.29 is 4.74 Å². The summed E-state index contributed by atoms with van der Waals surface area (Å²) in [6, 6.07) is 10.0. The molecule has 0 fully saturated rings. The van der Waals surface area contributed by atoms with Gasteiger partial charge in [-0.1, -0.05) is 12.6 Å². The molecular weight excluding hydrogens is 382 g/mol. The molecule has 1 aliphatic carbocycles. The van der Waals surface area contributed by atoms with Crippen LogP contribution >= 0.6 is 11.3 Å². The molecule has 0 atom stereocenters. The summed E-state index contributed by atoms with van der Waals surface area (Å²) in [7, 11) is 0. The maximum absolute atomic E-state index is 6.15. The molecule has 2 aromatic heterocycles. The minimum absolute atomic E-state index is 0.550. The Morgan fingerprint density at radius 1 is 1.17 bits per heavy atom. The fourth-order valence-electron chi connectivity index (χ4n) is 3.56. The summed E-state index contributed by atoms with van der Waals surface area (Å²) < 4.78 is 6.15. The van der Waals surface area contributed by atoms with Crippen LogP contribution < -0.4 is 15.4 Å². The van der Waals surface area contributed by atoms with Crippen molar-refractivity contribution in [2.24, 2.45) is 4.99 Å². The van der Waals surface area contributed by atoms with Crippen LogP contribution in [0.15, 0.2) is 53.5 Å². The second kappa shape index (κ2) is 7.67. The van der Waals surface area contributed by atoms with Crippen LogP contribution in [-0.4, -0.2) is 29.0 Å². The first-order valence-electron chi connectivity index (χ1n) is 9.71. The van der Waals surface area contributed by atoms with Crippen LogP contribution in [-0.2, 0) is 6.42 Å². The fourth-order valence-corrected chi connectivity index (χ4v) is 4.27. The molecule has 2 aliphatic rings. The molecule has 1 aromatic carbocycles. The van der Waals surface area contributed by atoms with Gasteiger partial charge in [-0.05, 0) is 60.2 Å². The Bertz CT molecular complexity index is 1100. The molecule has 0 bridgehead atoms. The zero-order valence-corrected chi connectivity index (χ0v) is 16.8. The number of anilines is 1. The number of hydrogen-bond acceptors (Lipinski definition) is 7. The second-order valence-corrected chi connectivity index (χ2v) is 7.91. The van der Waals surface area contributed by atoms with E-state index in [-0.39, 0.29) is 0 Å². The van der Waals surface area contributed by atoms with E-state index in [0.717, 1.165) is 60.4 Å². The van der Waals surface area contributed by atoms with Crippen LogP contribution in [0.1, 0.15) is 24.0 Å². The molecule has 3 heterocycles. The van der Waals surface area contributed by atoms with Crippen LogP contribution in [0.5, 0.6) is 11.6 Å². The highest BCUT2D eigenvalue weighted by Gasteiger charge is 2.17. The Hall–Kier alpha value is -3.19. The van der Waals surface area contributed by atoms with E-state index in [2.05, 4.69) is 39.3 Å². The number of nitrogens with zero attached hydrogens (tertiary/aromatic N) is 3. The lowest BCUT2D eigenvalue weighted by molar-refractivity contribution is 0.464. The average molecular weight is 404 g/mol. The molecule has 0 amide bonds. The van der Waals surface area contributed by atoms with Crippen molar-refractivity contribution in [2.45, 2.75) is 19.3 Å². The molecule has 2 N–H and O–H groups in total. The van der Waals surface area contributed by atoms with Crippen molar-refractivity contribution >= 4 is 28.0 Å². The molecule has 146 valence electrons. The molecule has 29 heavy (non-hydrogen) atoms. The number of nitrogens with one attached hydrogen (secondary N) is 2. The number of thiazole rings is 1. The number of hydrogen-bond donors (Lipinski definition) is 2. The number of fused-ring (bicyclic) bond motifs is 1. The van der Waals surface area contributed by atoms with Crippen LogP contribution in [0.2, 0.25) is 0 Å². The van der Waals surface area contributed by atoms with Crippen LogP contribution in [0.3, 0.4) is 0 Å². The summed E-state index contributed by atoms with van der Waals surface area (Å²) >= 11 is 1.53. The highest BCUT2D eigenvalue weighted by Crippen LogP contribution is 2.37. The second-order valence-electron chi connectivity index (χ2n) is 7.05. The quantitative estimate of drug-likeness (QED) is 0.660. The Kier molecular flexibility index (Phi) is 4.73. The number of pyridine rings is 1. The number of aromatic nitrogens is 2. The number of aliphatic imine (C=N–C) groups is 1. The van der Waals surface area contributed by atoms with E-state index in [9.17, 15) is 0 Å². The lowest BCUT2D eigenvalue weighted by Gasteiger charge is -2.14. The third-order valence-corrected chi connectivity index (χ3v) is 5.80. The Morgan fingerprint density at radius 2 is 2.14 bits per heavy atom. The smallest absolute Gasteiger partial charge is 0.228 e. The summed E-state index contributed by atoms with van der Waals surface area (Å²) in [5.74, 6) is 2.11. The molecule has 5 rings (SSSR count). The van der Waals surface area contributed by atoms with E-state index in [4.69, 9.17) is 9.72 Å². The predicted octanol–water partition coefficient (Wildman–Crippen LogP) is 4.72. The molecule has 6 nitrogen and oxygen atoms in total. The van der Waals surface area contributed by atoms with E-state index in [0.29, 0.717) is 5.88 Å². The number of aryl methyl sites for hydroxylation is 1.